The van der Waals surface area contributed by atoms with Crippen LogP contribution in [0.3, 0.4) is 0 Å². The summed E-state index contributed by atoms with van der Waals surface area (Å²) in [6, 6.07) is 2.45. The lowest BCUT2D eigenvalue weighted by atomic mass is 9.80. The molecule has 1 aromatic heterocycles. The van der Waals surface area contributed by atoms with Crippen LogP contribution in [0.4, 0.5) is 0 Å². The Labute approximate surface area is 111 Å². The standard InChI is InChI=1S/C15H26N2O/c1-4-15(5-2,17-9-6-7-10-17)14(16-3)13-8-11-18-12-13/h8,11-12,14,16H,4-7,9-10H2,1-3H3. The molecule has 1 aliphatic heterocycles. The molecule has 1 unspecified atom stereocenters. The van der Waals surface area contributed by atoms with Crippen molar-refractivity contribution in [3.63, 3.8) is 0 Å². The monoisotopic (exact) mass is 250 g/mol. The predicted molar refractivity (Wildman–Crippen MR) is 74.6 cm³/mol. The lowest BCUT2D eigenvalue weighted by Gasteiger charge is -2.46. The fraction of sp³-hybridized carbons (Fsp3) is 0.733. The average molecular weight is 250 g/mol. The summed E-state index contributed by atoms with van der Waals surface area (Å²) in [4.78, 5) is 2.68. The third kappa shape index (κ3) is 2.21. The molecule has 3 nitrogen and oxygen atoms in total. The van der Waals surface area contributed by atoms with E-state index in [2.05, 4.69) is 37.2 Å². The molecule has 0 aliphatic carbocycles. The quantitative estimate of drug-likeness (QED) is 0.840. The minimum absolute atomic E-state index is 0.217. The van der Waals surface area contributed by atoms with Crippen molar-refractivity contribution in [2.24, 2.45) is 0 Å². The summed E-state index contributed by atoms with van der Waals surface area (Å²) in [7, 11) is 2.06. The summed E-state index contributed by atoms with van der Waals surface area (Å²) >= 11 is 0. The number of nitrogens with one attached hydrogen (secondary N) is 1. The van der Waals surface area contributed by atoms with E-state index in [4.69, 9.17) is 4.42 Å². The molecule has 2 rings (SSSR count). The van der Waals surface area contributed by atoms with Gasteiger partial charge in [0.1, 0.15) is 0 Å². The van der Waals surface area contributed by atoms with Gasteiger partial charge in [0, 0.05) is 11.1 Å². The Morgan fingerprint density at radius 2 is 2.00 bits per heavy atom. The first-order chi connectivity index (χ1) is 8.78. The number of likely N-dealkylation sites (N-methyl/N-ethyl adjacent to an activating group) is 1. The van der Waals surface area contributed by atoms with Gasteiger partial charge in [-0.15, -0.1) is 0 Å². The van der Waals surface area contributed by atoms with Crippen molar-refractivity contribution in [2.45, 2.75) is 51.1 Å². The molecule has 18 heavy (non-hydrogen) atoms. The first kappa shape index (κ1) is 13.6. The van der Waals surface area contributed by atoms with E-state index in [1.165, 1.54) is 44.3 Å². The minimum atomic E-state index is 0.217. The normalized spacial score (nSPS) is 19.3. The summed E-state index contributed by atoms with van der Waals surface area (Å²) in [5.41, 5.74) is 1.49. The first-order valence-corrected chi connectivity index (χ1v) is 7.23. The summed E-state index contributed by atoms with van der Waals surface area (Å²) in [6.45, 7) is 7.09. The Morgan fingerprint density at radius 1 is 1.33 bits per heavy atom. The van der Waals surface area contributed by atoms with Crippen LogP contribution >= 0.6 is 0 Å². The van der Waals surface area contributed by atoms with Crippen molar-refractivity contribution in [3.8, 4) is 0 Å². The molecule has 1 atom stereocenters. The van der Waals surface area contributed by atoms with E-state index in [0.717, 1.165) is 0 Å². The zero-order chi connectivity index (χ0) is 13.0. The molecule has 0 radical (unpaired) electrons. The Bertz CT molecular complexity index is 337. The van der Waals surface area contributed by atoms with Crippen LogP contribution in [-0.4, -0.2) is 30.6 Å². The van der Waals surface area contributed by atoms with E-state index in [-0.39, 0.29) is 5.54 Å². The Balaban J connectivity index is 2.31. The fourth-order valence-corrected chi connectivity index (χ4v) is 3.64. The Kier molecular flexibility index (Phi) is 4.46. The lowest BCUT2D eigenvalue weighted by molar-refractivity contribution is 0.0645. The molecule has 0 bridgehead atoms. The van der Waals surface area contributed by atoms with Crippen LogP contribution in [0.1, 0.15) is 51.1 Å². The van der Waals surface area contributed by atoms with E-state index in [1.807, 2.05) is 6.26 Å². The zero-order valence-corrected chi connectivity index (χ0v) is 11.9. The summed E-state index contributed by atoms with van der Waals surface area (Å²) < 4.78 is 5.29. The van der Waals surface area contributed by atoms with Crippen LogP contribution in [-0.2, 0) is 0 Å². The van der Waals surface area contributed by atoms with E-state index in [9.17, 15) is 0 Å². The molecular weight excluding hydrogens is 224 g/mol. The Morgan fingerprint density at radius 3 is 2.44 bits per heavy atom. The van der Waals surface area contributed by atoms with Gasteiger partial charge in [0.05, 0.1) is 18.6 Å². The third-order valence-electron chi connectivity index (χ3n) is 4.66. The maximum absolute atomic E-state index is 5.29. The molecule has 3 heteroatoms. The molecule has 0 amide bonds. The van der Waals surface area contributed by atoms with E-state index in [0.29, 0.717) is 6.04 Å². The molecule has 0 saturated carbocycles. The highest BCUT2D eigenvalue weighted by Crippen LogP contribution is 2.39. The largest absolute Gasteiger partial charge is 0.472 e. The highest BCUT2D eigenvalue weighted by molar-refractivity contribution is 5.19. The van der Waals surface area contributed by atoms with Crippen molar-refractivity contribution in [2.75, 3.05) is 20.1 Å². The van der Waals surface area contributed by atoms with Crippen LogP contribution < -0.4 is 5.32 Å². The molecule has 1 aromatic rings. The van der Waals surface area contributed by atoms with Gasteiger partial charge in [-0.05, 0) is 51.9 Å². The van der Waals surface area contributed by atoms with Gasteiger partial charge in [0.25, 0.3) is 0 Å². The van der Waals surface area contributed by atoms with E-state index >= 15 is 0 Å². The van der Waals surface area contributed by atoms with Gasteiger partial charge in [0.15, 0.2) is 0 Å². The van der Waals surface area contributed by atoms with Crippen LogP contribution in [0, 0.1) is 0 Å². The molecular formula is C15H26N2O. The van der Waals surface area contributed by atoms with Crippen molar-refractivity contribution < 1.29 is 4.42 Å². The third-order valence-corrected chi connectivity index (χ3v) is 4.66. The molecule has 1 fully saturated rings. The molecule has 0 aromatic carbocycles. The second-order valence-electron chi connectivity index (χ2n) is 5.28. The van der Waals surface area contributed by atoms with Crippen LogP contribution in [0.5, 0.6) is 0 Å². The molecule has 0 spiro atoms. The predicted octanol–water partition coefficient (Wildman–Crippen LogP) is 3.19. The number of likely N-dealkylation sites (tertiary alicyclic amines) is 1. The van der Waals surface area contributed by atoms with Crippen molar-refractivity contribution >= 4 is 0 Å². The van der Waals surface area contributed by atoms with Gasteiger partial charge in [-0.3, -0.25) is 4.90 Å². The van der Waals surface area contributed by atoms with Gasteiger partial charge < -0.3 is 9.73 Å². The summed E-state index contributed by atoms with van der Waals surface area (Å²) in [5, 5.41) is 3.52. The van der Waals surface area contributed by atoms with E-state index < -0.39 is 0 Å². The number of hydrogen-bond acceptors (Lipinski definition) is 3. The molecule has 1 aliphatic rings. The van der Waals surface area contributed by atoms with Crippen LogP contribution in [0.2, 0.25) is 0 Å². The molecule has 2 heterocycles. The summed E-state index contributed by atoms with van der Waals surface area (Å²) in [5.74, 6) is 0. The number of furan rings is 1. The van der Waals surface area contributed by atoms with Gasteiger partial charge >= 0.3 is 0 Å². The van der Waals surface area contributed by atoms with Crippen LogP contribution in [0.15, 0.2) is 23.0 Å². The van der Waals surface area contributed by atoms with Gasteiger partial charge in [-0.1, -0.05) is 13.8 Å². The summed E-state index contributed by atoms with van der Waals surface area (Å²) in [6.07, 6.45) is 8.67. The average Bonchev–Trinajstić information content (AvgIpc) is 3.08. The van der Waals surface area contributed by atoms with Crippen molar-refractivity contribution in [1.82, 2.24) is 10.2 Å². The van der Waals surface area contributed by atoms with E-state index in [1.54, 1.807) is 6.26 Å². The first-order valence-electron chi connectivity index (χ1n) is 7.23. The Hall–Kier alpha value is -0.800. The SMILES string of the molecule is CCC(CC)(C(NC)c1ccoc1)N1CCCC1. The minimum Gasteiger partial charge on any atom is -0.472 e. The molecule has 1 saturated heterocycles. The maximum Gasteiger partial charge on any atom is 0.0951 e. The highest BCUT2D eigenvalue weighted by Gasteiger charge is 2.42. The van der Waals surface area contributed by atoms with Gasteiger partial charge in [-0.2, -0.15) is 0 Å². The smallest absolute Gasteiger partial charge is 0.0951 e. The lowest BCUT2D eigenvalue weighted by Crippen LogP contribution is -2.54. The second-order valence-corrected chi connectivity index (χ2v) is 5.28. The topological polar surface area (TPSA) is 28.4 Å². The second kappa shape index (κ2) is 5.89. The highest BCUT2D eigenvalue weighted by atomic mass is 16.3. The maximum atomic E-state index is 5.29. The zero-order valence-electron chi connectivity index (χ0n) is 11.9. The van der Waals surface area contributed by atoms with Gasteiger partial charge in [0.2, 0.25) is 0 Å². The molecule has 102 valence electrons. The fourth-order valence-electron chi connectivity index (χ4n) is 3.64. The van der Waals surface area contributed by atoms with Crippen LogP contribution in [0.25, 0.3) is 0 Å². The van der Waals surface area contributed by atoms with Crippen molar-refractivity contribution in [3.05, 3.63) is 24.2 Å². The number of nitrogens with zero attached hydrogens (tertiary/aromatic N) is 1. The van der Waals surface area contributed by atoms with Crippen molar-refractivity contribution in [1.29, 1.82) is 0 Å². The van der Waals surface area contributed by atoms with Gasteiger partial charge in [-0.25, -0.2) is 0 Å². The molecule has 1 N–H and O–H groups in total. The number of rotatable bonds is 6. The number of hydrogen-bond donors (Lipinski definition) is 1.